The van der Waals surface area contributed by atoms with E-state index in [1.807, 2.05) is 25.1 Å². The Labute approximate surface area is 174 Å². The van der Waals surface area contributed by atoms with Crippen LogP contribution in [0.3, 0.4) is 0 Å². The zero-order valence-electron chi connectivity index (χ0n) is 17.3. The van der Waals surface area contributed by atoms with E-state index in [0.29, 0.717) is 17.8 Å². The lowest BCUT2D eigenvalue weighted by atomic mass is 10.0. The number of likely N-dealkylation sites (N-methyl/N-ethyl adjacent to an activating group) is 1. The number of halogens is 2. The molecule has 3 aromatic rings. The van der Waals surface area contributed by atoms with E-state index in [4.69, 9.17) is 0 Å². The maximum absolute atomic E-state index is 14.5. The Balaban J connectivity index is 2.13. The summed E-state index contributed by atoms with van der Waals surface area (Å²) in [5.41, 5.74) is 1.90. The van der Waals surface area contributed by atoms with Gasteiger partial charge in [0.2, 0.25) is 0 Å². The molecule has 1 N–H and O–H groups in total. The number of rotatable bonds is 4. The van der Waals surface area contributed by atoms with Crippen LogP contribution in [0.15, 0.2) is 36.7 Å². The Kier molecular flexibility index (Phi) is 6.28. The number of carbonyl (C=O) groups is 1. The van der Waals surface area contributed by atoms with Gasteiger partial charge in [-0.05, 0) is 32.3 Å². The smallest absolute Gasteiger partial charge is 0.254 e. The molecular formula is C23H22F2N4O. The van der Waals surface area contributed by atoms with Crippen LogP contribution >= 0.6 is 0 Å². The number of aromatic nitrogens is 2. The lowest BCUT2D eigenvalue weighted by Crippen LogP contribution is -2.23. The van der Waals surface area contributed by atoms with E-state index < -0.39 is 17.5 Å². The minimum atomic E-state index is -1.06. The first-order valence-electron chi connectivity index (χ1n) is 9.26. The van der Waals surface area contributed by atoms with Gasteiger partial charge in [0, 0.05) is 48.6 Å². The van der Waals surface area contributed by atoms with Gasteiger partial charge in [-0.3, -0.25) is 9.69 Å². The van der Waals surface area contributed by atoms with Crippen molar-refractivity contribution in [1.29, 1.82) is 0 Å². The minimum absolute atomic E-state index is 0.0435. The Hall–Kier alpha value is -3.50. The largest absolute Gasteiger partial charge is 0.346 e. The van der Waals surface area contributed by atoms with Crippen LogP contribution in [-0.4, -0.2) is 60.4 Å². The van der Waals surface area contributed by atoms with Crippen LogP contribution in [0.2, 0.25) is 0 Å². The second kappa shape index (κ2) is 8.89. The monoisotopic (exact) mass is 408 g/mol. The summed E-state index contributed by atoms with van der Waals surface area (Å²) in [6.07, 6.45) is 4.87. The van der Waals surface area contributed by atoms with E-state index in [1.54, 1.807) is 26.5 Å². The van der Waals surface area contributed by atoms with E-state index in [2.05, 4.69) is 21.8 Å². The molecular weight excluding hydrogens is 386 g/mol. The van der Waals surface area contributed by atoms with Crippen molar-refractivity contribution in [2.75, 3.05) is 34.7 Å². The molecule has 3 rings (SSSR count). The number of amides is 1. The van der Waals surface area contributed by atoms with Crippen LogP contribution < -0.4 is 0 Å². The fourth-order valence-corrected chi connectivity index (χ4v) is 2.87. The normalized spacial score (nSPS) is 11.5. The highest BCUT2D eigenvalue weighted by molar-refractivity contribution is 6.24. The second-order valence-corrected chi connectivity index (χ2v) is 7.26. The standard InChI is InChI=1S/C23H22F2N4O/c1-28(2)10-6-7-15-11-18-16(14-27-22(18)26-13-15)12-19(23(30)29(3)4)17-8-5-9-20(24)21(17)25/h5,8-9,11-14H,10H2,1-4H3,(H,26,27). The molecule has 2 aromatic heterocycles. The minimum Gasteiger partial charge on any atom is -0.346 e. The molecule has 2 heterocycles. The van der Waals surface area contributed by atoms with E-state index in [0.717, 1.165) is 17.0 Å². The van der Waals surface area contributed by atoms with Gasteiger partial charge in [0.05, 0.1) is 12.1 Å². The highest BCUT2D eigenvalue weighted by atomic mass is 19.2. The first kappa shape index (κ1) is 21.2. The molecule has 7 heteroatoms. The highest BCUT2D eigenvalue weighted by Crippen LogP contribution is 2.27. The maximum atomic E-state index is 14.5. The predicted octanol–water partition coefficient (Wildman–Crippen LogP) is 3.38. The molecule has 0 unspecified atom stereocenters. The molecule has 0 saturated carbocycles. The maximum Gasteiger partial charge on any atom is 0.254 e. The number of H-pyrrole nitrogens is 1. The summed E-state index contributed by atoms with van der Waals surface area (Å²) >= 11 is 0. The molecule has 1 aromatic carbocycles. The predicted molar refractivity (Wildman–Crippen MR) is 114 cm³/mol. The molecule has 0 aliphatic rings. The third kappa shape index (κ3) is 4.56. The molecule has 0 radical (unpaired) electrons. The molecule has 30 heavy (non-hydrogen) atoms. The summed E-state index contributed by atoms with van der Waals surface area (Å²) in [5.74, 6) is 3.59. The number of fused-ring (bicyclic) bond motifs is 1. The summed E-state index contributed by atoms with van der Waals surface area (Å²) in [4.78, 5) is 23.4. The van der Waals surface area contributed by atoms with Crippen molar-refractivity contribution in [3.63, 3.8) is 0 Å². The lowest BCUT2D eigenvalue weighted by Gasteiger charge is -2.14. The van der Waals surface area contributed by atoms with Gasteiger partial charge in [-0.15, -0.1) is 0 Å². The van der Waals surface area contributed by atoms with E-state index in [-0.39, 0.29) is 11.1 Å². The first-order chi connectivity index (χ1) is 14.3. The molecule has 0 bridgehead atoms. The fourth-order valence-electron chi connectivity index (χ4n) is 2.87. The van der Waals surface area contributed by atoms with Gasteiger partial charge in [-0.25, -0.2) is 13.8 Å². The van der Waals surface area contributed by atoms with Crippen LogP contribution in [-0.2, 0) is 4.79 Å². The van der Waals surface area contributed by atoms with Crippen molar-refractivity contribution < 1.29 is 13.6 Å². The zero-order valence-corrected chi connectivity index (χ0v) is 17.3. The van der Waals surface area contributed by atoms with Crippen molar-refractivity contribution in [3.8, 4) is 11.8 Å². The van der Waals surface area contributed by atoms with Gasteiger partial charge in [-0.2, -0.15) is 0 Å². The van der Waals surface area contributed by atoms with Gasteiger partial charge in [0.1, 0.15) is 5.65 Å². The Morgan fingerprint density at radius 2 is 2.00 bits per heavy atom. The van der Waals surface area contributed by atoms with Crippen molar-refractivity contribution in [2.45, 2.75) is 0 Å². The molecule has 0 saturated heterocycles. The summed E-state index contributed by atoms with van der Waals surface area (Å²) in [5, 5.41) is 0.729. The van der Waals surface area contributed by atoms with E-state index >= 15 is 0 Å². The topological polar surface area (TPSA) is 52.2 Å². The van der Waals surface area contributed by atoms with Crippen LogP contribution in [0, 0.1) is 23.5 Å². The lowest BCUT2D eigenvalue weighted by molar-refractivity contribution is -0.122. The van der Waals surface area contributed by atoms with E-state index in [1.165, 1.54) is 23.1 Å². The summed E-state index contributed by atoms with van der Waals surface area (Å²) in [7, 11) is 6.98. The Bertz CT molecular complexity index is 1180. The number of carbonyl (C=O) groups excluding carboxylic acids is 1. The van der Waals surface area contributed by atoms with Gasteiger partial charge in [0.25, 0.3) is 5.91 Å². The zero-order chi connectivity index (χ0) is 21.8. The van der Waals surface area contributed by atoms with Crippen molar-refractivity contribution in [1.82, 2.24) is 19.8 Å². The molecule has 154 valence electrons. The van der Waals surface area contributed by atoms with Gasteiger partial charge in [0.15, 0.2) is 11.6 Å². The second-order valence-electron chi connectivity index (χ2n) is 7.26. The van der Waals surface area contributed by atoms with Gasteiger partial charge in [-0.1, -0.05) is 24.0 Å². The molecule has 0 fully saturated rings. The van der Waals surface area contributed by atoms with Crippen LogP contribution in [0.25, 0.3) is 22.7 Å². The quantitative estimate of drug-likeness (QED) is 0.532. The molecule has 5 nitrogen and oxygen atoms in total. The summed E-state index contributed by atoms with van der Waals surface area (Å²) in [6, 6.07) is 5.63. The highest BCUT2D eigenvalue weighted by Gasteiger charge is 2.20. The number of aromatic amines is 1. The van der Waals surface area contributed by atoms with Crippen molar-refractivity contribution in [3.05, 3.63) is 65.0 Å². The number of nitrogens with one attached hydrogen (secondary N) is 1. The first-order valence-corrected chi connectivity index (χ1v) is 9.26. The Morgan fingerprint density at radius 1 is 1.23 bits per heavy atom. The number of hydrogen-bond acceptors (Lipinski definition) is 3. The van der Waals surface area contributed by atoms with Crippen LogP contribution in [0.4, 0.5) is 8.78 Å². The number of nitrogens with zero attached hydrogens (tertiary/aromatic N) is 3. The molecule has 0 atom stereocenters. The summed E-state index contributed by atoms with van der Waals surface area (Å²) in [6.45, 7) is 0.609. The number of pyridine rings is 1. The average Bonchev–Trinajstić information content (AvgIpc) is 3.10. The fraction of sp³-hybridized carbons (Fsp3) is 0.217. The van der Waals surface area contributed by atoms with Crippen molar-refractivity contribution >= 4 is 28.6 Å². The van der Waals surface area contributed by atoms with Gasteiger partial charge >= 0.3 is 0 Å². The number of benzene rings is 1. The van der Waals surface area contributed by atoms with Crippen LogP contribution in [0.1, 0.15) is 16.7 Å². The Morgan fingerprint density at radius 3 is 2.70 bits per heavy atom. The van der Waals surface area contributed by atoms with Gasteiger partial charge < -0.3 is 9.88 Å². The number of hydrogen-bond donors (Lipinski definition) is 1. The average molecular weight is 408 g/mol. The summed E-state index contributed by atoms with van der Waals surface area (Å²) < 4.78 is 28.3. The van der Waals surface area contributed by atoms with Crippen molar-refractivity contribution in [2.24, 2.45) is 0 Å². The third-order valence-corrected chi connectivity index (χ3v) is 4.37. The molecule has 0 aliphatic heterocycles. The SMILES string of the molecule is CN(C)CC#Cc1cnc2[nH]cc(C=C(C(=O)N(C)C)c3cccc(F)c3F)c2c1. The molecule has 1 amide bonds. The third-order valence-electron chi connectivity index (χ3n) is 4.37. The van der Waals surface area contributed by atoms with E-state index in [9.17, 15) is 13.6 Å². The molecule has 0 aliphatic carbocycles. The molecule has 0 spiro atoms. The van der Waals surface area contributed by atoms with Crippen LogP contribution in [0.5, 0.6) is 0 Å².